The monoisotopic (exact) mass is 729 g/mol. The largest absolute Gasteiger partial charge is 0.455 e. The van der Waals surface area contributed by atoms with Crippen molar-refractivity contribution in [1.29, 1.82) is 0 Å². The fourth-order valence-electron chi connectivity index (χ4n) is 8.65. The van der Waals surface area contributed by atoms with E-state index in [1.807, 2.05) is 60.7 Å². The van der Waals surface area contributed by atoms with Crippen LogP contribution in [-0.4, -0.2) is 24.1 Å². The van der Waals surface area contributed by atoms with Gasteiger partial charge in [0.1, 0.15) is 11.2 Å². The zero-order valence-electron chi connectivity index (χ0n) is 30.5. The van der Waals surface area contributed by atoms with E-state index in [1.54, 1.807) is 0 Å². The Morgan fingerprint density at radius 2 is 0.860 bits per heavy atom. The molecule has 0 bridgehead atoms. The first kappa shape index (κ1) is 31.5. The Morgan fingerprint density at radius 1 is 0.351 bits per heavy atom. The molecule has 4 aromatic heterocycles. The summed E-state index contributed by atoms with van der Waals surface area (Å²) in [5.41, 5.74) is 11.1. The molecule has 6 nitrogen and oxygen atoms in total. The van der Waals surface area contributed by atoms with Crippen LogP contribution in [0, 0.1) is 0 Å². The fourth-order valence-corrected chi connectivity index (χ4v) is 8.65. The molecule has 4 heterocycles. The lowest BCUT2D eigenvalue weighted by Gasteiger charge is -2.10. The fraction of sp³-hybridized carbons (Fsp3) is 0. The summed E-state index contributed by atoms with van der Waals surface area (Å²) < 4.78 is 11.8. The highest BCUT2D eigenvalue weighted by Crippen LogP contribution is 2.45. The van der Waals surface area contributed by atoms with Crippen LogP contribution in [0.2, 0.25) is 0 Å². The maximum atomic E-state index is 7.00. The van der Waals surface area contributed by atoms with Crippen LogP contribution in [0.15, 0.2) is 192 Å². The van der Waals surface area contributed by atoms with Crippen molar-refractivity contribution in [3.8, 4) is 45.5 Å². The van der Waals surface area contributed by atoms with Gasteiger partial charge in [0.15, 0.2) is 17.5 Å². The minimum atomic E-state index is 0.591. The van der Waals surface area contributed by atoms with Crippen LogP contribution in [0.3, 0.4) is 0 Å². The normalized spacial score (nSPS) is 11.9. The van der Waals surface area contributed by atoms with Crippen molar-refractivity contribution in [3.63, 3.8) is 0 Å². The number of furan rings is 1. The first-order valence-electron chi connectivity index (χ1n) is 19.1. The highest BCUT2D eigenvalue weighted by Gasteiger charge is 2.24. The number of benzene rings is 8. The van der Waals surface area contributed by atoms with Gasteiger partial charge < -0.3 is 13.6 Å². The van der Waals surface area contributed by atoms with Gasteiger partial charge in [0.05, 0.1) is 27.5 Å². The summed E-state index contributed by atoms with van der Waals surface area (Å²) in [4.78, 5) is 14.9. The molecule has 12 rings (SSSR count). The van der Waals surface area contributed by atoms with Crippen molar-refractivity contribution in [2.45, 2.75) is 0 Å². The van der Waals surface area contributed by atoms with Crippen LogP contribution in [0.1, 0.15) is 0 Å². The number of rotatable bonds is 5. The zero-order valence-corrected chi connectivity index (χ0v) is 30.5. The van der Waals surface area contributed by atoms with E-state index >= 15 is 0 Å². The molecule has 0 aliphatic heterocycles. The zero-order chi connectivity index (χ0) is 37.5. The second-order valence-electron chi connectivity index (χ2n) is 14.4. The molecule has 6 heteroatoms. The molecule has 0 unspecified atom stereocenters. The number of hydrogen-bond acceptors (Lipinski definition) is 4. The topological polar surface area (TPSA) is 61.7 Å². The third-order valence-corrected chi connectivity index (χ3v) is 11.2. The third-order valence-electron chi connectivity index (χ3n) is 11.2. The summed E-state index contributed by atoms with van der Waals surface area (Å²) in [5.74, 6) is 1.84. The van der Waals surface area contributed by atoms with Gasteiger partial charge in [-0.2, -0.15) is 0 Å². The van der Waals surface area contributed by atoms with Gasteiger partial charge in [0, 0.05) is 55.0 Å². The predicted molar refractivity (Wildman–Crippen MR) is 232 cm³/mol. The molecule has 0 aliphatic rings. The molecular formula is C51H31N5O. The lowest BCUT2D eigenvalue weighted by molar-refractivity contribution is 0.673. The van der Waals surface area contributed by atoms with Gasteiger partial charge in [0.2, 0.25) is 0 Å². The molecule has 0 saturated carbocycles. The first-order chi connectivity index (χ1) is 28.3. The van der Waals surface area contributed by atoms with Crippen LogP contribution in [-0.2, 0) is 0 Å². The highest BCUT2D eigenvalue weighted by atomic mass is 16.3. The Hall–Kier alpha value is -7.83. The molecule has 0 fully saturated rings. The summed E-state index contributed by atoms with van der Waals surface area (Å²) in [7, 11) is 0. The van der Waals surface area contributed by atoms with Gasteiger partial charge in [-0.15, -0.1) is 0 Å². The minimum Gasteiger partial charge on any atom is -0.455 e. The maximum Gasteiger partial charge on any atom is 0.164 e. The van der Waals surface area contributed by atoms with Crippen molar-refractivity contribution in [2.75, 3.05) is 0 Å². The second-order valence-corrected chi connectivity index (χ2v) is 14.4. The Morgan fingerprint density at radius 3 is 1.51 bits per heavy atom. The van der Waals surface area contributed by atoms with Crippen LogP contribution in [0.25, 0.3) is 111 Å². The van der Waals surface area contributed by atoms with E-state index in [9.17, 15) is 0 Å². The van der Waals surface area contributed by atoms with Gasteiger partial charge in [-0.3, -0.25) is 0 Å². The lowest BCUT2D eigenvalue weighted by Crippen LogP contribution is -2.00. The Kier molecular flexibility index (Phi) is 6.83. The maximum absolute atomic E-state index is 7.00. The van der Waals surface area contributed by atoms with Crippen molar-refractivity contribution in [3.05, 3.63) is 188 Å². The lowest BCUT2D eigenvalue weighted by atomic mass is 10.0. The molecule has 0 atom stereocenters. The highest BCUT2D eigenvalue weighted by molar-refractivity contribution is 6.31. The van der Waals surface area contributed by atoms with E-state index in [4.69, 9.17) is 19.4 Å². The molecule has 0 spiro atoms. The predicted octanol–water partition coefficient (Wildman–Crippen LogP) is 13.0. The van der Waals surface area contributed by atoms with Crippen molar-refractivity contribution in [1.82, 2.24) is 24.1 Å². The van der Waals surface area contributed by atoms with Crippen LogP contribution in [0.4, 0.5) is 0 Å². The summed E-state index contributed by atoms with van der Waals surface area (Å²) in [6, 6.07) is 65.4. The van der Waals surface area contributed by atoms with Gasteiger partial charge in [-0.25, -0.2) is 15.0 Å². The number of aromatic nitrogens is 5. The summed E-state index contributed by atoms with van der Waals surface area (Å²) in [5, 5.41) is 6.73. The molecule has 0 amide bonds. The standard InChI is InChI=1S/C51H31N5O/c1-5-15-32(16-6-1)49-52-50(33-17-7-2-8-18-33)54-51(53-49)34-25-26-37-38-27-29-43-46(48(38)57-44(37)31-34)40-28-30-42-45(47(40)56(43)36-21-11-4-12-22-36)39-23-13-14-24-41(39)55(42)35-19-9-3-10-20-35/h1-31H. The Labute approximate surface area is 326 Å². The first-order valence-corrected chi connectivity index (χ1v) is 19.1. The van der Waals surface area contributed by atoms with E-state index in [-0.39, 0.29) is 0 Å². The van der Waals surface area contributed by atoms with Gasteiger partial charge in [-0.1, -0.05) is 121 Å². The Bertz CT molecular complexity index is 3440. The second kappa shape index (κ2) is 12.3. The van der Waals surface area contributed by atoms with Crippen LogP contribution in [0.5, 0.6) is 0 Å². The smallest absolute Gasteiger partial charge is 0.164 e. The SMILES string of the molecule is c1ccc(-c2nc(-c3ccccc3)nc(-c3ccc4c(c3)oc3c4ccc4c3c3ccc5c(c6ccccc6n5-c5ccccc5)c3n4-c3ccccc3)n2)cc1. The molecular weight excluding hydrogens is 699 g/mol. The van der Waals surface area contributed by atoms with E-state index in [0.717, 1.165) is 77.3 Å². The number of hydrogen-bond donors (Lipinski definition) is 0. The van der Waals surface area contributed by atoms with Crippen molar-refractivity contribution < 1.29 is 4.42 Å². The van der Waals surface area contributed by atoms with Gasteiger partial charge in [0.25, 0.3) is 0 Å². The van der Waals surface area contributed by atoms with Crippen LogP contribution < -0.4 is 0 Å². The van der Waals surface area contributed by atoms with Crippen LogP contribution >= 0.6 is 0 Å². The van der Waals surface area contributed by atoms with Gasteiger partial charge >= 0.3 is 0 Å². The molecule has 0 aliphatic carbocycles. The number of nitrogens with zero attached hydrogens (tertiary/aromatic N) is 5. The number of para-hydroxylation sites is 3. The van der Waals surface area contributed by atoms with E-state index in [2.05, 4.69) is 137 Å². The molecule has 57 heavy (non-hydrogen) atoms. The molecule has 266 valence electrons. The summed E-state index contributed by atoms with van der Waals surface area (Å²) in [6.07, 6.45) is 0. The third kappa shape index (κ3) is 4.81. The van der Waals surface area contributed by atoms with Crippen molar-refractivity contribution in [2.24, 2.45) is 0 Å². The molecule has 0 N–H and O–H groups in total. The Balaban J connectivity index is 1.13. The quantitative estimate of drug-likeness (QED) is 0.177. The molecule has 12 aromatic rings. The van der Waals surface area contributed by atoms with Crippen molar-refractivity contribution >= 4 is 65.6 Å². The summed E-state index contributed by atoms with van der Waals surface area (Å²) in [6.45, 7) is 0. The molecule has 8 aromatic carbocycles. The number of fused-ring (bicyclic) bond motifs is 11. The van der Waals surface area contributed by atoms with E-state index in [0.29, 0.717) is 17.5 Å². The average molecular weight is 730 g/mol. The minimum absolute atomic E-state index is 0.591. The summed E-state index contributed by atoms with van der Waals surface area (Å²) >= 11 is 0. The molecule has 0 radical (unpaired) electrons. The van der Waals surface area contributed by atoms with Gasteiger partial charge in [-0.05, 0) is 66.7 Å². The molecule has 0 saturated heterocycles. The van der Waals surface area contributed by atoms with E-state index in [1.165, 1.54) is 16.3 Å². The van der Waals surface area contributed by atoms with E-state index < -0.39 is 0 Å². The average Bonchev–Trinajstić information content (AvgIpc) is 3.95.